The van der Waals surface area contributed by atoms with E-state index in [9.17, 15) is 4.79 Å². The summed E-state index contributed by atoms with van der Waals surface area (Å²) in [6.07, 6.45) is 13.6. The zero-order chi connectivity index (χ0) is 21.3. The van der Waals surface area contributed by atoms with Crippen molar-refractivity contribution in [2.75, 3.05) is 6.54 Å². The fourth-order valence-corrected chi connectivity index (χ4v) is 9.14. The summed E-state index contributed by atoms with van der Waals surface area (Å²) in [6.45, 7) is 10.7. The number of fused-ring (bicyclic) bond motifs is 7. The quantitative estimate of drug-likeness (QED) is 0.660. The van der Waals surface area contributed by atoms with Crippen LogP contribution in [0.15, 0.2) is 11.6 Å². The van der Waals surface area contributed by atoms with Gasteiger partial charge in [0.15, 0.2) is 5.78 Å². The van der Waals surface area contributed by atoms with Gasteiger partial charge in [-0.2, -0.15) is 0 Å². The molecule has 1 heterocycles. The summed E-state index contributed by atoms with van der Waals surface area (Å²) in [4.78, 5) is 12.1. The third kappa shape index (κ3) is 3.01. The summed E-state index contributed by atoms with van der Waals surface area (Å²) in [5.41, 5.74) is 8.07. The van der Waals surface area contributed by atoms with E-state index in [-0.39, 0.29) is 5.41 Å². The highest BCUT2D eigenvalue weighted by Crippen LogP contribution is 2.69. The highest BCUT2D eigenvalue weighted by Gasteiger charge is 2.65. The molecule has 0 aromatic carbocycles. The molecule has 0 bridgehead atoms. The maximum atomic E-state index is 12.1. The first kappa shape index (κ1) is 21.2. The van der Waals surface area contributed by atoms with Gasteiger partial charge in [0.25, 0.3) is 0 Å². The van der Waals surface area contributed by atoms with Crippen LogP contribution in [0, 0.1) is 46.3 Å². The Kier molecular flexibility index (Phi) is 5.26. The first-order valence-corrected chi connectivity index (χ1v) is 12.9. The molecule has 2 N–H and O–H groups in total. The van der Waals surface area contributed by atoms with Gasteiger partial charge < -0.3 is 10.5 Å². The molecule has 1 saturated heterocycles. The van der Waals surface area contributed by atoms with Gasteiger partial charge in [0.2, 0.25) is 0 Å². The van der Waals surface area contributed by atoms with Crippen LogP contribution < -0.4 is 5.73 Å². The van der Waals surface area contributed by atoms with Crippen molar-refractivity contribution < 1.29 is 9.53 Å². The van der Waals surface area contributed by atoms with Gasteiger partial charge in [0.05, 0.1) is 12.2 Å². The van der Waals surface area contributed by atoms with Crippen LogP contribution in [-0.4, -0.2) is 24.5 Å². The molecule has 3 saturated carbocycles. The molecular formula is C27H43NO2. The van der Waals surface area contributed by atoms with Crippen molar-refractivity contribution in [3.05, 3.63) is 11.6 Å². The lowest BCUT2D eigenvalue weighted by molar-refractivity contribution is -0.117. The average molecular weight is 414 g/mol. The van der Waals surface area contributed by atoms with Crippen molar-refractivity contribution in [2.24, 2.45) is 52.1 Å². The second-order valence-corrected chi connectivity index (χ2v) is 12.3. The molecule has 4 fully saturated rings. The number of carbonyl (C=O) groups is 1. The van der Waals surface area contributed by atoms with Crippen molar-refractivity contribution >= 4 is 5.78 Å². The minimum absolute atomic E-state index is 0.281. The molecular weight excluding hydrogens is 370 g/mol. The van der Waals surface area contributed by atoms with Gasteiger partial charge in [-0.05, 0) is 110 Å². The summed E-state index contributed by atoms with van der Waals surface area (Å²) in [6, 6.07) is 0. The zero-order valence-electron chi connectivity index (χ0n) is 19.7. The number of carbonyl (C=O) groups excluding carboxylic acids is 1. The first-order chi connectivity index (χ1) is 14.3. The summed E-state index contributed by atoms with van der Waals surface area (Å²) < 4.78 is 6.78. The molecule has 30 heavy (non-hydrogen) atoms. The molecule has 10 atom stereocenters. The van der Waals surface area contributed by atoms with Gasteiger partial charge in [-0.15, -0.1) is 0 Å². The predicted octanol–water partition coefficient (Wildman–Crippen LogP) is 5.52. The van der Waals surface area contributed by atoms with E-state index in [2.05, 4.69) is 27.7 Å². The molecule has 0 radical (unpaired) electrons. The third-order valence-corrected chi connectivity index (χ3v) is 10.9. The van der Waals surface area contributed by atoms with Crippen LogP contribution in [0.25, 0.3) is 0 Å². The summed E-state index contributed by atoms with van der Waals surface area (Å²) in [7, 11) is 0. The van der Waals surface area contributed by atoms with E-state index < -0.39 is 0 Å². The van der Waals surface area contributed by atoms with E-state index in [0.29, 0.717) is 35.2 Å². The summed E-state index contributed by atoms with van der Waals surface area (Å²) in [5, 5.41) is 0. The van der Waals surface area contributed by atoms with Crippen LogP contribution >= 0.6 is 0 Å². The Morgan fingerprint density at radius 3 is 2.77 bits per heavy atom. The fourth-order valence-electron chi connectivity index (χ4n) is 9.14. The molecule has 0 aromatic rings. The van der Waals surface area contributed by atoms with Crippen molar-refractivity contribution in [1.82, 2.24) is 0 Å². The molecule has 168 valence electrons. The first-order valence-electron chi connectivity index (χ1n) is 12.9. The van der Waals surface area contributed by atoms with Gasteiger partial charge >= 0.3 is 0 Å². The number of nitrogens with two attached hydrogens (primary N) is 1. The van der Waals surface area contributed by atoms with E-state index in [4.69, 9.17) is 10.5 Å². The second kappa shape index (κ2) is 7.44. The van der Waals surface area contributed by atoms with E-state index in [0.717, 1.165) is 49.5 Å². The minimum atomic E-state index is 0.281. The van der Waals surface area contributed by atoms with Crippen LogP contribution in [0.4, 0.5) is 0 Å². The Hall–Kier alpha value is -0.670. The van der Waals surface area contributed by atoms with E-state index in [1.54, 1.807) is 0 Å². The number of allylic oxidation sites excluding steroid dienone is 1. The lowest BCUT2D eigenvalue weighted by Gasteiger charge is -2.58. The van der Waals surface area contributed by atoms with Crippen molar-refractivity contribution in [2.45, 2.75) is 97.7 Å². The van der Waals surface area contributed by atoms with Gasteiger partial charge in [-0.3, -0.25) is 4.79 Å². The number of hydrogen-bond acceptors (Lipinski definition) is 3. The van der Waals surface area contributed by atoms with Crippen LogP contribution in [0.5, 0.6) is 0 Å². The molecule has 0 spiro atoms. The number of ether oxygens (including phenoxy) is 1. The molecule has 5 aliphatic rings. The summed E-state index contributed by atoms with van der Waals surface area (Å²) in [5.74, 6) is 4.80. The number of rotatable bonds is 4. The molecule has 0 amide bonds. The van der Waals surface area contributed by atoms with E-state index in [1.807, 2.05) is 6.08 Å². The van der Waals surface area contributed by atoms with Crippen LogP contribution in [0.1, 0.15) is 85.5 Å². The Labute approximate surface area is 183 Å². The van der Waals surface area contributed by atoms with Crippen LogP contribution in [0.3, 0.4) is 0 Å². The largest absolute Gasteiger partial charge is 0.374 e. The third-order valence-electron chi connectivity index (χ3n) is 10.9. The normalized spacial score (nSPS) is 50.9. The standard InChI is InChI=1S/C27H43NO2/c1-16(15-28)5-8-23-17(2)25-24(30-23)14-22-20-7-6-18-13-19(29)9-11-26(18,3)21(20)10-12-27(22,25)4/h13,16-17,20-25H,5-12,14-15,28H2,1-4H3/t16?,17-,20-,21+,22+,23-,24+,25+,26+,27+/m1/s1. The van der Waals surface area contributed by atoms with Crippen LogP contribution in [-0.2, 0) is 9.53 Å². The van der Waals surface area contributed by atoms with Crippen molar-refractivity contribution in [1.29, 1.82) is 0 Å². The molecule has 3 heteroatoms. The van der Waals surface area contributed by atoms with Gasteiger partial charge in [0, 0.05) is 6.42 Å². The molecule has 4 aliphatic carbocycles. The van der Waals surface area contributed by atoms with E-state index in [1.165, 1.54) is 44.1 Å². The molecule has 1 unspecified atom stereocenters. The predicted molar refractivity (Wildman–Crippen MR) is 121 cm³/mol. The van der Waals surface area contributed by atoms with Crippen LogP contribution in [0.2, 0.25) is 0 Å². The van der Waals surface area contributed by atoms with Gasteiger partial charge in [-0.1, -0.05) is 33.3 Å². The highest BCUT2D eigenvalue weighted by molar-refractivity contribution is 5.91. The monoisotopic (exact) mass is 413 g/mol. The lowest BCUT2D eigenvalue weighted by atomic mass is 9.46. The van der Waals surface area contributed by atoms with Gasteiger partial charge in [-0.25, -0.2) is 0 Å². The Morgan fingerprint density at radius 2 is 2.00 bits per heavy atom. The van der Waals surface area contributed by atoms with Crippen molar-refractivity contribution in [3.8, 4) is 0 Å². The molecule has 1 aliphatic heterocycles. The Bertz CT molecular complexity index is 730. The van der Waals surface area contributed by atoms with Gasteiger partial charge in [0.1, 0.15) is 0 Å². The number of hydrogen-bond donors (Lipinski definition) is 1. The topological polar surface area (TPSA) is 52.3 Å². The maximum Gasteiger partial charge on any atom is 0.155 e. The smallest absolute Gasteiger partial charge is 0.155 e. The number of ketones is 1. The molecule has 0 aromatic heterocycles. The molecule has 3 nitrogen and oxygen atoms in total. The minimum Gasteiger partial charge on any atom is -0.374 e. The Balaban J connectivity index is 1.35. The zero-order valence-corrected chi connectivity index (χ0v) is 19.7. The Morgan fingerprint density at radius 1 is 1.20 bits per heavy atom. The summed E-state index contributed by atoms with van der Waals surface area (Å²) >= 11 is 0. The highest BCUT2D eigenvalue weighted by atomic mass is 16.5. The van der Waals surface area contributed by atoms with Crippen molar-refractivity contribution in [3.63, 3.8) is 0 Å². The second-order valence-electron chi connectivity index (χ2n) is 12.3. The fraction of sp³-hybridized carbons (Fsp3) is 0.889. The van der Waals surface area contributed by atoms with E-state index >= 15 is 0 Å². The lowest BCUT2D eigenvalue weighted by Crippen LogP contribution is -2.51. The average Bonchev–Trinajstić information content (AvgIpc) is 3.20. The SMILES string of the molecule is CC(CN)CC[C@H]1O[C@H]2C[C@H]3[C@@H]4CCC5=CC(=O)CC[C@]5(C)[C@H]4CC[C@]3(C)[C@H]2[C@@H]1C. The maximum absolute atomic E-state index is 12.1. The molecule has 5 rings (SSSR count).